The molecule has 0 aliphatic carbocycles. The summed E-state index contributed by atoms with van der Waals surface area (Å²) >= 11 is 0. The first-order valence-corrected chi connectivity index (χ1v) is 9.36. The van der Waals surface area contributed by atoms with Crippen LogP contribution in [0.15, 0.2) is 12.7 Å². The van der Waals surface area contributed by atoms with Gasteiger partial charge in [0.25, 0.3) is 0 Å². The van der Waals surface area contributed by atoms with Crippen molar-refractivity contribution in [3.63, 3.8) is 0 Å². The van der Waals surface area contributed by atoms with Crippen LogP contribution in [0.4, 0.5) is 5.82 Å². The Morgan fingerprint density at radius 2 is 1.93 bits per heavy atom. The third-order valence-corrected chi connectivity index (χ3v) is 4.89. The van der Waals surface area contributed by atoms with Gasteiger partial charge in [0.1, 0.15) is 24.6 Å². The molecular weight excluding hydrogens is 348 g/mol. The van der Waals surface area contributed by atoms with Crippen molar-refractivity contribution < 1.29 is 14.2 Å². The molecule has 0 unspecified atom stereocenters. The summed E-state index contributed by atoms with van der Waals surface area (Å²) in [6.07, 6.45) is 2.46. The maximum atomic E-state index is 6.36. The van der Waals surface area contributed by atoms with Gasteiger partial charge in [-0.05, 0) is 13.8 Å². The summed E-state index contributed by atoms with van der Waals surface area (Å²) in [5, 5.41) is 3.44. The molecule has 4 rings (SSSR count). The minimum absolute atomic E-state index is 0.114. The third kappa shape index (κ3) is 3.29. The molecule has 1 N–H and O–H groups in total. The Bertz CT molecular complexity index is 821. The van der Waals surface area contributed by atoms with Gasteiger partial charge in [0.2, 0.25) is 0 Å². The fourth-order valence-corrected chi connectivity index (χ4v) is 3.75. The zero-order chi connectivity index (χ0) is 19.3. The molecule has 9 nitrogen and oxygen atoms in total. The van der Waals surface area contributed by atoms with Crippen LogP contribution < -0.4 is 10.2 Å². The molecule has 2 fully saturated rings. The molecule has 148 valence electrons. The van der Waals surface area contributed by atoms with E-state index in [1.165, 1.54) is 0 Å². The van der Waals surface area contributed by atoms with Gasteiger partial charge in [-0.3, -0.25) is 4.57 Å². The maximum Gasteiger partial charge on any atom is 0.167 e. The SMILES string of the molecule is CC(C)NC[C@H]1O[C@@H](n2cnc3c(N(C)C)ncnc32)[C@@H]2OC(C)(C)O[C@@H]21. The molecule has 0 radical (unpaired) electrons. The fraction of sp³-hybridized carbons (Fsp3) is 0.722. The second-order valence-corrected chi connectivity index (χ2v) is 8.11. The first kappa shape index (κ1) is 18.5. The van der Waals surface area contributed by atoms with Crippen LogP contribution in [-0.2, 0) is 14.2 Å². The molecule has 0 aromatic carbocycles. The molecule has 2 aromatic heterocycles. The van der Waals surface area contributed by atoms with Crippen LogP contribution in [0.1, 0.15) is 33.9 Å². The van der Waals surface area contributed by atoms with Crippen LogP contribution >= 0.6 is 0 Å². The van der Waals surface area contributed by atoms with Gasteiger partial charge in [-0.15, -0.1) is 0 Å². The minimum Gasteiger partial charge on any atom is -0.361 e. The Balaban J connectivity index is 1.69. The molecule has 4 heterocycles. The highest BCUT2D eigenvalue weighted by atomic mass is 16.8. The van der Waals surface area contributed by atoms with Crippen molar-refractivity contribution in [3.8, 4) is 0 Å². The lowest BCUT2D eigenvalue weighted by Crippen LogP contribution is -2.39. The van der Waals surface area contributed by atoms with Gasteiger partial charge in [-0.2, -0.15) is 0 Å². The van der Waals surface area contributed by atoms with Gasteiger partial charge in [0.05, 0.1) is 6.33 Å². The summed E-state index contributed by atoms with van der Waals surface area (Å²) in [5.41, 5.74) is 1.47. The molecule has 2 aliphatic heterocycles. The van der Waals surface area contributed by atoms with E-state index >= 15 is 0 Å². The molecular formula is C18H28N6O3. The molecule has 0 saturated carbocycles. The normalized spacial score (nSPS) is 29.6. The molecule has 2 aromatic rings. The molecule has 2 aliphatic rings. The standard InChI is InChI=1S/C18H28N6O3/c1-10(2)19-7-11-13-14(27-18(3,4)26-13)17(25-11)24-9-22-12-15(23(5)6)20-8-21-16(12)24/h8-11,13-14,17,19H,7H2,1-6H3/t11-,13-,14-,17-/m1/s1. The minimum atomic E-state index is -0.645. The van der Waals surface area contributed by atoms with Gasteiger partial charge < -0.3 is 24.4 Å². The number of fused-ring (bicyclic) bond motifs is 2. The Kier molecular flexibility index (Phi) is 4.58. The van der Waals surface area contributed by atoms with Gasteiger partial charge in [-0.25, -0.2) is 15.0 Å². The fourth-order valence-electron chi connectivity index (χ4n) is 3.75. The van der Waals surface area contributed by atoms with E-state index < -0.39 is 5.79 Å². The first-order valence-electron chi connectivity index (χ1n) is 9.36. The number of anilines is 1. The van der Waals surface area contributed by atoms with Crippen LogP contribution in [0.3, 0.4) is 0 Å². The van der Waals surface area contributed by atoms with Crippen molar-refractivity contribution in [2.75, 3.05) is 25.5 Å². The number of nitrogens with one attached hydrogen (secondary N) is 1. The quantitative estimate of drug-likeness (QED) is 0.836. The highest BCUT2D eigenvalue weighted by Gasteiger charge is 2.56. The Morgan fingerprint density at radius 1 is 1.19 bits per heavy atom. The summed E-state index contributed by atoms with van der Waals surface area (Å²) in [6.45, 7) is 8.80. The van der Waals surface area contributed by atoms with E-state index in [9.17, 15) is 0 Å². The predicted octanol–water partition coefficient (Wildman–Crippen LogP) is 1.31. The van der Waals surface area contributed by atoms with Crippen LogP contribution in [-0.4, -0.2) is 70.3 Å². The zero-order valence-electron chi connectivity index (χ0n) is 16.7. The Labute approximate surface area is 159 Å². The number of imidazole rings is 1. The van der Waals surface area contributed by atoms with E-state index in [4.69, 9.17) is 14.2 Å². The monoisotopic (exact) mass is 376 g/mol. The molecule has 27 heavy (non-hydrogen) atoms. The zero-order valence-corrected chi connectivity index (χ0v) is 16.7. The van der Waals surface area contributed by atoms with E-state index in [0.717, 1.165) is 17.0 Å². The largest absolute Gasteiger partial charge is 0.361 e. The van der Waals surface area contributed by atoms with Gasteiger partial charge in [0, 0.05) is 26.7 Å². The highest BCUT2D eigenvalue weighted by Crippen LogP contribution is 2.43. The Morgan fingerprint density at radius 3 is 2.63 bits per heavy atom. The van der Waals surface area contributed by atoms with Crippen molar-refractivity contribution in [1.82, 2.24) is 24.8 Å². The molecule has 0 spiro atoms. The summed E-state index contributed by atoms with van der Waals surface area (Å²) in [6, 6.07) is 0.367. The van der Waals surface area contributed by atoms with Crippen molar-refractivity contribution in [2.24, 2.45) is 0 Å². The predicted molar refractivity (Wildman–Crippen MR) is 101 cm³/mol. The average Bonchev–Trinajstić information content (AvgIpc) is 3.23. The van der Waals surface area contributed by atoms with E-state index in [-0.39, 0.29) is 24.5 Å². The van der Waals surface area contributed by atoms with E-state index in [1.807, 2.05) is 37.4 Å². The maximum absolute atomic E-state index is 6.36. The van der Waals surface area contributed by atoms with Crippen LogP contribution in [0.5, 0.6) is 0 Å². The molecule has 0 bridgehead atoms. The van der Waals surface area contributed by atoms with E-state index in [1.54, 1.807) is 12.7 Å². The Hall–Kier alpha value is -1.81. The molecule has 0 amide bonds. The van der Waals surface area contributed by atoms with Gasteiger partial charge in [-0.1, -0.05) is 13.8 Å². The topological polar surface area (TPSA) is 86.6 Å². The number of ether oxygens (including phenoxy) is 3. The number of hydrogen-bond acceptors (Lipinski definition) is 8. The lowest BCUT2D eigenvalue weighted by atomic mass is 10.1. The second-order valence-electron chi connectivity index (χ2n) is 8.11. The molecule has 4 atom stereocenters. The summed E-state index contributed by atoms with van der Waals surface area (Å²) < 4.78 is 20.6. The number of aromatic nitrogens is 4. The number of nitrogens with zero attached hydrogens (tertiary/aromatic N) is 5. The first-order chi connectivity index (χ1) is 12.8. The lowest BCUT2D eigenvalue weighted by Gasteiger charge is -2.25. The second kappa shape index (κ2) is 6.66. The number of hydrogen-bond donors (Lipinski definition) is 1. The van der Waals surface area contributed by atoms with Gasteiger partial charge in [0.15, 0.2) is 29.0 Å². The molecule has 2 saturated heterocycles. The summed E-state index contributed by atoms with van der Waals surface area (Å²) in [7, 11) is 3.87. The summed E-state index contributed by atoms with van der Waals surface area (Å²) in [4.78, 5) is 15.2. The highest BCUT2D eigenvalue weighted by molar-refractivity contribution is 5.83. The smallest absolute Gasteiger partial charge is 0.167 e. The van der Waals surface area contributed by atoms with E-state index in [2.05, 4.69) is 34.1 Å². The summed E-state index contributed by atoms with van der Waals surface area (Å²) in [5.74, 6) is 0.128. The van der Waals surface area contributed by atoms with Crippen molar-refractivity contribution >= 4 is 17.0 Å². The average molecular weight is 376 g/mol. The van der Waals surface area contributed by atoms with Gasteiger partial charge >= 0.3 is 0 Å². The van der Waals surface area contributed by atoms with Crippen LogP contribution in [0, 0.1) is 0 Å². The van der Waals surface area contributed by atoms with Crippen LogP contribution in [0.25, 0.3) is 11.2 Å². The van der Waals surface area contributed by atoms with Crippen LogP contribution in [0.2, 0.25) is 0 Å². The lowest BCUT2D eigenvalue weighted by molar-refractivity contribution is -0.195. The van der Waals surface area contributed by atoms with Crippen molar-refractivity contribution in [1.29, 1.82) is 0 Å². The van der Waals surface area contributed by atoms with E-state index in [0.29, 0.717) is 12.6 Å². The number of rotatable bonds is 5. The molecule has 9 heteroatoms. The van der Waals surface area contributed by atoms with Crippen molar-refractivity contribution in [3.05, 3.63) is 12.7 Å². The van der Waals surface area contributed by atoms with Crippen molar-refractivity contribution in [2.45, 2.75) is 64.1 Å². The third-order valence-electron chi connectivity index (χ3n) is 4.89.